The van der Waals surface area contributed by atoms with Crippen molar-refractivity contribution in [2.45, 2.75) is 79.1 Å². The fourth-order valence-corrected chi connectivity index (χ4v) is 5.69. The quantitative estimate of drug-likeness (QED) is 0.0438. The first kappa shape index (κ1) is 53.5. The van der Waals surface area contributed by atoms with Crippen molar-refractivity contribution in [3.8, 4) is 0 Å². The highest BCUT2D eigenvalue weighted by molar-refractivity contribution is 5.91. The highest BCUT2D eigenvalue weighted by Crippen LogP contribution is 2.24. The first-order valence-electron chi connectivity index (χ1n) is 21.4. The predicted molar refractivity (Wildman–Crippen MR) is 236 cm³/mol. The number of carbonyl (C=O) groups excluding carboxylic acids is 8. The highest BCUT2D eigenvalue weighted by atomic mass is 17.3. The van der Waals surface area contributed by atoms with Crippen molar-refractivity contribution in [1.29, 1.82) is 0 Å². The van der Waals surface area contributed by atoms with Crippen LogP contribution in [-0.4, -0.2) is 74.9 Å². The molecule has 0 aliphatic rings. The van der Waals surface area contributed by atoms with Gasteiger partial charge in [0.2, 0.25) is 0 Å². The first-order valence-corrected chi connectivity index (χ1v) is 21.4. The van der Waals surface area contributed by atoms with Crippen molar-refractivity contribution in [1.82, 2.24) is 0 Å². The van der Waals surface area contributed by atoms with Crippen LogP contribution in [0.25, 0.3) is 0 Å². The third-order valence-electron chi connectivity index (χ3n) is 9.98. The molecule has 0 saturated heterocycles. The molecule has 4 aromatic carbocycles. The fourth-order valence-electron chi connectivity index (χ4n) is 5.69. The van der Waals surface area contributed by atoms with Gasteiger partial charge in [-0.25, -0.2) is 58.3 Å². The maximum atomic E-state index is 12.8. The van der Waals surface area contributed by atoms with E-state index in [0.717, 1.165) is 22.3 Å². The van der Waals surface area contributed by atoms with E-state index in [0.29, 0.717) is 0 Å². The van der Waals surface area contributed by atoms with Gasteiger partial charge in [0, 0.05) is 0 Å². The normalized spacial score (nSPS) is 11.0. The van der Waals surface area contributed by atoms with E-state index in [1.807, 2.05) is 55.4 Å². The molecule has 4 rings (SSSR count). The average Bonchev–Trinajstić information content (AvgIpc) is 3.35. The van der Waals surface area contributed by atoms with Crippen molar-refractivity contribution < 1.29 is 96.4 Å². The Morgan fingerprint density at radius 1 is 0.304 bits per heavy atom. The molecule has 0 amide bonds. The molecule has 20 heteroatoms. The summed E-state index contributed by atoms with van der Waals surface area (Å²) < 4.78 is 20.4. The Morgan fingerprint density at radius 2 is 0.478 bits per heavy atom. The molecule has 0 radical (unpaired) electrons. The van der Waals surface area contributed by atoms with Crippen molar-refractivity contribution in [3.63, 3.8) is 0 Å². The van der Waals surface area contributed by atoms with Crippen LogP contribution in [0.3, 0.4) is 0 Å². The molecule has 0 N–H and O–H groups in total. The van der Waals surface area contributed by atoms with Gasteiger partial charge >= 0.3 is 48.5 Å². The molecule has 0 heterocycles. The molecular formula is C49H52O20. The number of hydrogen-bond acceptors (Lipinski definition) is 20. The minimum atomic E-state index is -2.24. The van der Waals surface area contributed by atoms with Gasteiger partial charge in [0.05, 0.1) is 22.3 Å². The van der Waals surface area contributed by atoms with Crippen LogP contribution in [0.4, 0.5) is 19.2 Å². The third-order valence-corrected chi connectivity index (χ3v) is 9.98. The zero-order chi connectivity index (χ0) is 50.7. The molecule has 0 aliphatic carbocycles. The summed E-state index contributed by atoms with van der Waals surface area (Å²) in [6, 6.07) is 24.7. The maximum absolute atomic E-state index is 12.8. The summed E-state index contributed by atoms with van der Waals surface area (Å²) in [6.07, 6.45) is -6.75. The second kappa shape index (κ2) is 25.7. The lowest BCUT2D eigenvalue weighted by molar-refractivity contribution is -0.223. The van der Waals surface area contributed by atoms with Crippen molar-refractivity contribution >= 4 is 48.5 Å². The highest BCUT2D eigenvalue weighted by Gasteiger charge is 2.40. The molecule has 0 fully saturated rings. The molecule has 0 aromatic heterocycles. The van der Waals surface area contributed by atoms with Gasteiger partial charge in [0.15, 0.2) is 0 Å². The van der Waals surface area contributed by atoms with E-state index < -0.39 is 80.3 Å². The maximum Gasteiger partial charge on any atom is 0.549 e. The van der Waals surface area contributed by atoms with Crippen molar-refractivity contribution in [2.75, 3.05) is 26.4 Å². The second-order valence-corrected chi connectivity index (χ2v) is 16.6. The molecule has 0 bridgehead atoms. The summed E-state index contributed by atoms with van der Waals surface area (Å²) in [5.41, 5.74) is 1.40. The SMILES string of the molecule is CC(C)c1ccc(C(=O)OOC(=O)OCC(COC(=O)OOC(=O)c2ccc(C(C)C)cc2)(COC(=O)OOC(=O)c2ccc(C(C)C)cc2)COC(=O)OOC(=O)c2ccc(C(C)C)cc2)cc1. The Hall–Kier alpha value is -8.16. The number of hydrogen-bond donors (Lipinski definition) is 0. The Morgan fingerprint density at radius 3 is 0.638 bits per heavy atom. The van der Waals surface area contributed by atoms with Crippen LogP contribution < -0.4 is 0 Å². The van der Waals surface area contributed by atoms with E-state index in [4.69, 9.17) is 18.9 Å². The van der Waals surface area contributed by atoms with E-state index in [2.05, 4.69) is 39.1 Å². The summed E-state index contributed by atoms with van der Waals surface area (Å²) in [5.74, 6) is -3.80. The molecule has 0 spiro atoms. The lowest BCUT2D eigenvalue weighted by Gasteiger charge is -2.30. The number of ether oxygens (including phenoxy) is 4. The molecule has 0 unspecified atom stereocenters. The second-order valence-electron chi connectivity index (χ2n) is 16.6. The molecule has 4 aromatic rings. The first-order chi connectivity index (χ1) is 32.7. The largest absolute Gasteiger partial charge is 0.549 e. The van der Waals surface area contributed by atoms with Crippen LogP contribution >= 0.6 is 0 Å². The van der Waals surface area contributed by atoms with Gasteiger partial charge in [-0.15, -0.1) is 0 Å². The third kappa shape index (κ3) is 17.2. The van der Waals surface area contributed by atoms with Crippen LogP contribution in [0.5, 0.6) is 0 Å². The van der Waals surface area contributed by atoms with E-state index in [1.54, 1.807) is 48.5 Å². The van der Waals surface area contributed by atoms with Gasteiger partial charge < -0.3 is 18.9 Å². The number of carbonyl (C=O) groups is 8. The molecular weight excluding hydrogens is 909 g/mol. The zero-order valence-electron chi connectivity index (χ0n) is 39.0. The summed E-state index contributed by atoms with van der Waals surface area (Å²) in [7, 11) is 0. The summed E-state index contributed by atoms with van der Waals surface area (Å²) in [4.78, 5) is 138. The monoisotopic (exact) mass is 960 g/mol. The van der Waals surface area contributed by atoms with Gasteiger partial charge in [-0.1, -0.05) is 104 Å². The Labute approximate surface area is 396 Å². The van der Waals surface area contributed by atoms with Gasteiger partial charge in [0.25, 0.3) is 0 Å². The molecule has 20 nitrogen and oxygen atoms in total. The minimum absolute atomic E-state index is 0.00195. The van der Waals surface area contributed by atoms with Crippen molar-refractivity contribution in [3.05, 3.63) is 142 Å². The fraction of sp³-hybridized carbons (Fsp3) is 0.347. The van der Waals surface area contributed by atoms with Gasteiger partial charge in [0.1, 0.15) is 31.8 Å². The van der Waals surface area contributed by atoms with Gasteiger partial charge in [-0.2, -0.15) is 19.2 Å². The lowest BCUT2D eigenvalue weighted by Crippen LogP contribution is -2.44. The van der Waals surface area contributed by atoms with E-state index in [9.17, 15) is 38.4 Å². The molecule has 69 heavy (non-hydrogen) atoms. The Kier molecular flexibility index (Phi) is 19.9. The van der Waals surface area contributed by atoms with Crippen LogP contribution in [0.2, 0.25) is 0 Å². The summed E-state index contributed by atoms with van der Waals surface area (Å²) in [6.45, 7) is 11.2. The minimum Gasteiger partial charge on any atom is -0.431 e. The van der Waals surface area contributed by atoms with Gasteiger partial charge in [-0.3, -0.25) is 0 Å². The molecule has 368 valence electrons. The zero-order valence-corrected chi connectivity index (χ0v) is 39.0. The van der Waals surface area contributed by atoms with Crippen LogP contribution in [-0.2, 0) is 58.0 Å². The number of rotatable bonds is 16. The summed E-state index contributed by atoms with van der Waals surface area (Å²) >= 11 is 0. The molecule has 0 aliphatic heterocycles. The van der Waals surface area contributed by atoms with Gasteiger partial charge in [-0.05, 0) is 94.5 Å². The van der Waals surface area contributed by atoms with E-state index in [1.165, 1.54) is 48.5 Å². The van der Waals surface area contributed by atoms with Crippen molar-refractivity contribution in [2.24, 2.45) is 5.41 Å². The number of benzene rings is 4. The lowest BCUT2D eigenvalue weighted by atomic mass is 9.92. The topological polar surface area (TPSA) is 247 Å². The van der Waals surface area contributed by atoms with Crippen LogP contribution in [0, 0.1) is 5.41 Å². The Balaban J connectivity index is 1.51. The smallest absolute Gasteiger partial charge is 0.431 e. The molecule has 0 saturated carbocycles. The van der Waals surface area contributed by atoms with E-state index in [-0.39, 0.29) is 45.9 Å². The van der Waals surface area contributed by atoms with Crippen LogP contribution in [0.1, 0.15) is 143 Å². The van der Waals surface area contributed by atoms with E-state index >= 15 is 0 Å². The van der Waals surface area contributed by atoms with Crippen LogP contribution in [0.15, 0.2) is 97.1 Å². The Bertz CT molecular complexity index is 2050. The standard InChI is InChI=1S/C49H52O20/c1-29(2)33-9-17-37(18-10-33)41(50)62-66-45(54)58-25-49(26-59-46(55)67-63-42(51)38-19-11-34(12-20-38)30(3)4,27-60-47(56)68-64-43(52)39-21-13-35(14-22-39)31(5)6)28-61-48(57)69-65-44(53)40-23-15-36(16-24-40)32(7)8/h9-24,29-32H,25-28H2,1-8H3. The summed E-state index contributed by atoms with van der Waals surface area (Å²) in [5, 5.41) is 0. The predicted octanol–water partition coefficient (Wildman–Crippen LogP) is 10.2. The molecule has 0 atom stereocenters. The average molecular weight is 961 g/mol.